The van der Waals surface area contributed by atoms with Gasteiger partial charge in [-0.1, -0.05) is 42.5 Å². The summed E-state index contributed by atoms with van der Waals surface area (Å²) in [7, 11) is 0. The number of aliphatic hydroxyl groups is 1. The fourth-order valence-electron chi connectivity index (χ4n) is 4.11. The van der Waals surface area contributed by atoms with Crippen LogP contribution in [0, 0.1) is 5.92 Å². The van der Waals surface area contributed by atoms with E-state index in [1.165, 1.54) is 0 Å². The molecule has 0 amide bonds. The van der Waals surface area contributed by atoms with Gasteiger partial charge in [-0.2, -0.15) is 0 Å². The van der Waals surface area contributed by atoms with Crippen LogP contribution < -0.4 is 5.73 Å². The first-order valence-electron chi connectivity index (χ1n) is 9.37. The van der Waals surface area contributed by atoms with Crippen molar-refractivity contribution in [2.45, 2.75) is 38.3 Å². The largest absolute Gasteiger partial charge is 0.392 e. The van der Waals surface area contributed by atoms with E-state index in [1.54, 1.807) is 0 Å². The van der Waals surface area contributed by atoms with E-state index in [1.807, 2.05) is 53.2 Å². The second-order valence-electron chi connectivity index (χ2n) is 7.52. The number of aromatic nitrogens is 1. The zero-order valence-corrected chi connectivity index (χ0v) is 16.1. The average Bonchev–Trinajstić information content (AvgIpc) is 3.21. The Morgan fingerprint density at radius 3 is 2.57 bits per heavy atom. The molecule has 0 saturated heterocycles. The van der Waals surface area contributed by atoms with Crippen LogP contribution in [0.15, 0.2) is 48.7 Å². The van der Waals surface area contributed by atoms with Crippen molar-refractivity contribution >= 4 is 28.1 Å². The topological polar surface area (TPSA) is 51.2 Å². The van der Waals surface area contributed by atoms with Crippen molar-refractivity contribution < 1.29 is 13.9 Å². The summed E-state index contributed by atoms with van der Waals surface area (Å²) < 4.78 is 29.4. The van der Waals surface area contributed by atoms with Crippen molar-refractivity contribution in [1.29, 1.82) is 0 Å². The summed E-state index contributed by atoms with van der Waals surface area (Å²) in [5.74, 6) is -0.0470. The van der Waals surface area contributed by atoms with Crippen molar-refractivity contribution in [2.24, 2.45) is 11.7 Å². The van der Waals surface area contributed by atoms with Gasteiger partial charge in [0.15, 0.2) is 0 Å². The monoisotopic (exact) mass is 400 g/mol. The molecular formula is C22H22F2N2OS. The smallest absolute Gasteiger partial charge is 0.131 e. The minimum Gasteiger partial charge on any atom is -0.392 e. The number of thiocarbonyl (C=S) groups is 1. The van der Waals surface area contributed by atoms with Crippen molar-refractivity contribution in [2.75, 3.05) is 0 Å². The van der Waals surface area contributed by atoms with Crippen LogP contribution in [0.1, 0.15) is 24.0 Å². The minimum absolute atomic E-state index is 0.0470. The van der Waals surface area contributed by atoms with Gasteiger partial charge < -0.3 is 15.4 Å². The van der Waals surface area contributed by atoms with Crippen molar-refractivity contribution in [3.05, 3.63) is 59.8 Å². The Balaban J connectivity index is 1.79. The lowest BCUT2D eigenvalue weighted by Crippen LogP contribution is -2.08. The predicted octanol–water partition coefficient (Wildman–Crippen LogP) is 4.52. The summed E-state index contributed by atoms with van der Waals surface area (Å²) in [4.78, 5) is 0.335. The highest BCUT2D eigenvalue weighted by atomic mass is 32.1. The van der Waals surface area contributed by atoms with Crippen molar-refractivity contribution in [1.82, 2.24) is 4.57 Å². The number of benzene rings is 2. The SMILES string of the molecule is NC(=S)c1cccc(-c2cn(CC3CC(F)C(F)C3)c3cc(CO)ccc23)c1. The van der Waals surface area contributed by atoms with E-state index >= 15 is 0 Å². The third-order valence-corrected chi connectivity index (χ3v) is 5.79. The number of alkyl halides is 2. The lowest BCUT2D eigenvalue weighted by Gasteiger charge is -2.11. The Morgan fingerprint density at radius 2 is 1.89 bits per heavy atom. The summed E-state index contributed by atoms with van der Waals surface area (Å²) in [5, 5.41) is 10.5. The molecule has 0 bridgehead atoms. The molecule has 6 heteroatoms. The molecule has 1 saturated carbocycles. The van der Waals surface area contributed by atoms with Gasteiger partial charge in [0, 0.05) is 34.8 Å². The zero-order valence-electron chi connectivity index (χ0n) is 15.3. The fourth-order valence-corrected chi connectivity index (χ4v) is 4.24. The van der Waals surface area contributed by atoms with Gasteiger partial charge in [-0.15, -0.1) is 0 Å². The summed E-state index contributed by atoms with van der Waals surface area (Å²) >= 11 is 5.10. The lowest BCUT2D eigenvalue weighted by molar-refractivity contribution is 0.199. The molecule has 4 rings (SSSR count). The number of halogens is 2. The Morgan fingerprint density at radius 1 is 1.14 bits per heavy atom. The number of hydrogen-bond acceptors (Lipinski definition) is 2. The first-order valence-corrected chi connectivity index (χ1v) is 9.78. The zero-order chi connectivity index (χ0) is 19.8. The predicted molar refractivity (Wildman–Crippen MR) is 112 cm³/mol. The summed E-state index contributed by atoms with van der Waals surface area (Å²) in [5.41, 5.74) is 10.3. The Hall–Kier alpha value is -2.31. The number of rotatable bonds is 5. The maximum absolute atomic E-state index is 13.7. The number of nitrogens with zero attached hydrogens (tertiary/aromatic N) is 1. The molecule has 146 valence electrons. The molecule has 1 aliphatic rings. The normalized spacial score (nSPS) is 22.0. The van der Waals surface area contributed by atoms with E-state index in [9.17, 15) is 13.9 Å². The van der Waals surface area contributed by atoms with E-state index in [0.717, 1.165) is 33.2 Å². The van der Waals surface area contributed by atoms with Crippen LogP contribution in [0.2, 0.25) is 0 Å². The molecule has 3 N–H and O–H groups in total. The maximum Gasteiger partial charge on any atom is 0.131 e. The molecule has 1 aromatic heterocycles. The number of hydrogen-bond donors (Lipinski definition) is 2. The van der Waals surface area contributed by atoms with Gasteiger partial charge in [0.25, 0.3) is 0 Å². The number of aliphatic hydroxyl groups excluding tert-OH is 1. The van der Waals surface area contributed by atoms with Crippen LogP contribution in [-0.2, 0) is 13.2 Å². The van der Waals surface area contributed by atoms with E-state index < -0.39 is 12.3 Å². The summed E-state index contributed by atoms with van der Waals surface area (Å²) in [6, 6.07) is 13.5. The van der Waals surface area contributed by atoms with Gasteiger partial charge in [0.2, 0.25) is 0 Å². The number of fused-ring (bicyclic) bond motifs is 1. The van der Waals surface area contributed by atoms with E-state index in [-0.39, 0.29) is 25.4 Å². The molecule has 2 aromatic carbocycles. The van der Waals surface area contributed by atoms with Gasteiger partial charge in [0.1, 0.15) is 17.3 Å². The molecule has 28 heavy (non-hydrogen) atoms. The Labute approximate surface area is 167 Å². The maximum atomic E-state index is 13.7. The summed E-state index contributed by atoms with van der Waals surface area (Å²) in [6.45, 7) is 0.483. The van der Waals surface area contributed by atoms with Crippen molar-refractivity contribution in [3.8, 4) is 11.1 Å². The molecule has 1 heterocycles. The molecule has 3 aromatic rings. The van der Waals surface area contributed by atoms with Gasteiger partial charge in [-0.25, -0.2) is 8.78 Å². The first-order chi connectivity index (χ1) is 13.5. The molecule has 0 radical (unpaired) electrons. The highest BCUT2D eigenvalue weighted by Gasteiger charge is 2.34. The van der Waals surface area contributed by atoms with Gasteiger partial charge in [0.05, 0.1) is 6.61 Å². The van der Waals surface area contributed by atoms with Gasteiger partial charge in [-0.3, -0.25) is 0 Å². The van der Waals surface area contributed by atoms with Gasteiger partial charge >= 0.3 is 0 Å². The quantitative estimate of drug-likeness (QED) is 0.619. The second-order valence-corrected chi connectivity index (χ2v) is 7.96. The third-order valence-electron chi connectivity index (χ3n) is 5.55. The van der Waals surface area contributed by atoms with Crippen LogP contribution in [0.4, 0.5) is 8.78 Å². The lowest BCUT2D eigenvalue weighted by atomic mass is 10.0. The molecule has 3 nitrogen and oxygen atoms in total. The highest BCUT2D eigenvalue weighted by Crippen LogP contribution is 2.36. The molecule has 1 fully saturated rings. The van der Waals surface area contributed by atoms with E-state index in [0.29, 0.717) is 11.5 Å². The minimum atomic E-state index is -1.37. The van der Waals surface area contributed by atoms with E-state index in [4.69, 9.17) is 18.0 Å². The molecule has 1 aliphatic carbocycles. The number of nitrogens with two attached hydrogens (primary N) is 1. The highest BCUT2D eigenvalue weighted by molar-refractivity contribution is 7.80. The van der Waals surface area contributed by atoms with Crippen molar-refractivity contribution in [3.63, 3.8) is 0 Å². The molecular weight excluding hydrogens is 378 g/mol. The molecule has 0 spiro atoms. The van der Waals surface area contributed by atoms with E-state index in [2.05, 4.69) is 0 Å². The third kappa shape index (κ3) is 3.54. The van der Waals surface area contributed by atoms with Crippen LogP contribution in [0.5, 0.6) is 0 Å². The van der Waals surface area contributed by atoms with Crippen LogP contribution >= 0.6 is 12.2 Å². The standard InChI is InChI=1S/C22H22F2N2OS/c23-19-6-14(7-20(19)24)10-26-11-18(15-2-1-3-16(9-15)22(25)28)17-5-4-13(12-27)8-21(17)26/h1-5,8-9,11,14,19-20,27H,6-7,10,12H2,(H2,25,28). The molecule has 0 aliphatic heterocycles. The van der Waals surface area contributed by atoms with Crippen LogP contribution in [0.25, 0.3) is 22.0 Å². The average molecular weight is 400 g/mol. The first kappa shape index (κ1) is 19.0. The molecule has 2 atom stereocenters. The Kier molecular flexibility index (Phi) is 5.17. The van der Waals surface area contributed by atoms with Crippen LogP contribution in [0.3, 0.4) is 0 Å². The van der Waals surface area contributed by atoms with Gasteiger partial charge in [-0.05, 0) is 42.0 Å². The Bertz CT molecular complexity index is 1020. The summed E-state index contributed by atoms with van der Waals surface area (Å²) in [6.07, 6.45) is -0.244. The second kappa shape index (κ2) is 7.60. The molecule has 2 unspecified atom stereocenters. The fraction of sp³-hybridized carbons (Fsp3) is 0.318. The van der Waals surface area contributed by atoms with Crippen LogP contribution in [-0.4, -0.2) is 27.0 Å².